The zero-order valence-corrected chi connectivity index (χ0v) is 10.6. The minimum absolute atomic E-state index is 0. The van der Waals surface area contributed by atoms with E-state index >= 15 is 0 Å². The Morgan fingerprint density at radius 2 is 1.71 bits per heavy atom. The van der Waals surface area contributed by atoms with Gasteiger partial charge in [0.05, 0.1) is 0 Å². The third-order valence-corrected chi connectivity index (χ3v) is 3.07. The third kappa shape index (κ3) is 1.67. The van der Waals surface area contributed by atoms with Crippen LogP contribution in [-0.2, 0) is 6.54 Å². The average Bonchev–Trinajstić information content (AvgIpc) is 2.62. The van der Waals surface area contributed by atoms with Crippen LogP contribution in [0.25, 0.3) is 21.8 Å². The van der Waals surface area contributed by atoms with Crippen LogP contribution in [-0.4, -0.2) is 9.67 Å². The van der Waals surface area contributed by atoms with Gasteiger partial charge in [0.15, 0.2) is 0 Å². The van der Waals surface area contributed by atoms with E-state index in [1.54, 1.807) is 6.07 Å². The first kappa shape index (κ1) is 11.9. The molecule has 3 rings (SSSR count). The molecule has 0 spiro atoms. The summed E-state index contributed by atoms with van der Waals surface area (Å²) >= 11 is 0. The molecule has 1 heterocycles. The van der Waals surface area contributed by atoms with Gasteiger partial charge in [-0.25, -0.2) is 0 Å². The summed E-state index contributed by atoms with van der Waals surface area (Å²) in [5.74, 6) is 0.325. The molecule has 88 valence electrons. The number of hydrogen-bond acceptors (Lipinski definition) is 1. The Labute approximate surface area is 107 Å². The summed E-state index contributed by atoms with van der Waals surface area (Å²) in [4.78, 5) is 0. The maximum atomic E-state index is 9.56. The van der Waals surface area contributed by atoms with Gasteiger partial charge in [-0.15, -0.1) is 0 Å². The van der Waals surface area contributed by atoms with Crippen LogP contribution in [0.3, 0.4) is 0 Å². The van der Waals surface area contributed by atoms with Crippen molar-refractivity contribution in [3.8, 4) is 5.75 Å². The van der Waals surface area contributed by atoms with E-state index < -0.39 is 0 Å². The number of benzene rings is 2. The van der Waals surface area contributed by atoms with Gasteiger partial charge in [-0.05, 0) is 31.2 Å². The number of hydrogen-bond donors (Lipinski definition) is 1. The molecule has 1 N–H and O–H groups in total. The molecule has 0 saturated heterocycles. The number of aromatic hydroxyl groups is 1. The van der Waals surface area contributed by atoms with Crippen LogP contribution in [0.15, 0.2) is 42.5 Å². The molecule has 2 nitrogen and oxygen atoms in total. The number of fused-ring (bicyclic) bond motifs is 3. The fourth-order valence-electron chi connectivity index (χ4n) is 2.38. The van der Waals surface area contributed by atoms with Crippen LogP contribution >= 0.6 is 13.5 Å². The van der Waals surface area contributed by atoms with Crippen molar-refractivity contribution in [1.82, 2.24) is 4.57 Å². The largest absolute Gasteiger partial charge is 0.508 e. The smallest absolute Gasteiger partial charge is 0.116 e. The summed E-state index contributed by atoms with van der Waals surface area (Å²) in [5, 5.41) is 11.9. The second-order valence-electron chi connectivity index (χ2n) is 3.96. The number of phenolic OH excluding ortho intramolecular Hbond substituents is 1. The summed E-state index contributed by atoms with van der Waals surface area (Å²) in [5.41, 5.74) is 2.41. The molecule has 0 saturated carbocycles. The zero-order chi connectivity index (χ0) is 11.1. The van der Waals surface area contributed by atoms with Crippen LogP contribution in [0.5, 0.6) is 5.75 Å². The van der Waals surface area contributed by atoms with Crippen molar-refractivity contribution in [2.75, 3.05) is 0 Å². The standard InChI is InChI=1S/C14H13NO.H2S/c1-2-15-13-6-4-3-5-11(13)12-9-10(16)7-8-14(12)15;/h3-9,16H,2H2,1H3;1H2. The number of aromatic nitrogens is 1. The summed E-state index contributed by atoms with van der Waals surface area (Å²) in [6.07, 6.45) is 0. The molecule has 0 unspecified atom stereocenters. The first-order chi connectivity index (χ1) is 7.81. The molecule has 0 amide bonds. The number of aryl methyl sites for hydroxylation is 1. The Kier molecular flexibility index (Phi) is 3.03. The normalized spacial score (nSPS) is 10.6. The molecule has 2 aromatic carbocycles. The zero-order valence-electron chi connectivity index (χ0n) is 9.64. The lowest BCUT2D eigenvalue weighted by Crippen LogP contribution is -1.92. The van der Waals surface area contributed by atoms with Crippen molar-refractivity contribution in [2.45, 2.75) is 13.5 Å². The first-order valence-electron chi connectivity index (χ1n) is 5.51. The molecule has 3 aromatic rings. The van der Waals surface area contributed by atoms with Crippen molar-refractivity contribution in [3.05, 3.63) is 42.5 Å². The SMILES string of the molecule is CCn1c2ccccc2c2cc(O)ccc21.S. The number of rotatable bonds is 1. The van der Waals surface area contributed by atoms with Gasteiger partial charge in [0, 0.05) is 28.4 Å². The van der Waals surface area contributed by atoms with Crippen LogP contribution < -0.4 is 0 Å². The number of nitrogens with zero attached hydrogens (tertiary/aromatic N) is 1. The lowest BCUT2D eigenvalue weighted by atomic mass is 10.1. The molecular formula is C14H15NOS. The predicted octanol–water partition coefficient (Wildman–Crippen LogP) is 3.63. The fraction of sp³-hybridized carbons (Fsp3) is 0.143. The van der Waals surface area contributed by atoms with Gasteiger partial charge in [-0.2, -0.15) is 13.5 Å². The van der Waals surface area contributed by atoms with Crippen LogP contribution in [0.2, 0.25) is 0 Å². The Bertz CT molecular complexity index is 672. The van der Waals surface area contributed by atoms with Crippen LogP contribution in [0.4, 0.5) is 0 Å². The molecule has 3 heteroatoms. The Balaban J connectivity index is 0.00000108. The van der Waals surface area contributed by atoms with Crippen molar-refractivity contribution >= 4 is 35.3 Å². The highest BCUT2D eigenvalue weighted by Crippen LogP contribution is 2.30. The van der Waals surface area contributed by atoms with Gasteiger partial charge >= 0.3 is 0 Å². The molecule has 0 atom stereocenters. The molecule has 1 aromatic heterocycles. The van der Waals surface area contributed by atoms with E-state index in [0.29, 0.717) is 5.75 Å². The molecule has 0 aliphatic carbocycles. The highest BCUT2D eigenvalue weighted by molar-refractivity contribution is 7.59. The van der Waals surface area contributed by atoms with Crippen molar-refractivity contribution in [2.24, 2.45) is 0 Å². The maximum Gasteiger partial charge on any atom is 0.116 e. The summed E-state index contributed by atoms with van der Waals surface area (Å²) in [7, 11) is 0. The van der Waals surface area contributed by atoms with Crippen LogP contribution in [0, 0.1) is 0 Å². The maximum absolute atomic E-state index is 9.56. The average molecular weight is 245 g/mol. The molecule has 0 aliphatic heterocycles. The van der Waals surface area contributed by atoms with Gasteiger partial charge < -0.3 is 9.67 Å². The number of phenols is 1. The minimum Gasteiger partial charge on any atom is -0.508 e. The highest BCUT2D eigenvalue weighted by Gasteiger charge is 2.08. The molecule has 17 heavy (non-hydrogen) atoms. The summed E-state index contributed by atoms with van der Waals surface area (Å²) in [6, 6.07) is 13.9. The van der Waals surface area contributed by atoms with E-state index in [2.05, 4.69) is 23.6 Å². The van der Waals surface area contributed by atoms with Crippen molar-refractivity contribution in [1.29, 1.82) is 0 Å². The van der Waals surface area contributed by atoms with E-state index in [9.17, 15) is 5.11 Å². The topological polar surface area (TPSA) is 25.2 Å². The van der Waals surface area contributed by atoms with E-state index in [0.717, 1.165) is 11.9 Å². The summed E-state index contributed by atoms with van der Waals surface area (Å²) < 4.78 is 2.27. The van der Waals surface area contributed by atoms with Crippen molar-refractivity contribution < 1.29 is 5.11 Å². The van der Waals surface area contributed by atoms with Gasteiger partial charge in [-0.1, -0.05) is 18.2 Å². The van der Waals surface area contributed by atoms with Gasteiger partial charge in [-0.3, -0.25) is 0 Å². The lowest BCUT2D eigenvalue weighted by molar-refractivity contribution is 0.476. The van der Waals surface area contributed by atoms with Gasteiger partial charge in [0.1, 0.15) is 5.75 Å². The monoisotopic (exact) mass is 245 g/mol. The lowest BCUT2D eigenvalue weighted by Gasteiger charge is -2.02. The van der Waals surface area contributed by atoms with Crippen molar-refractivity contribution in [3.63, 3.8) is 0 Å². The Hall–Kier alpha value is -1.61. The molecule has 0 radical (unpaired) electrons. The molecule has 0 bridgehead atoms. The number of para-hydroxylation sites is 1. The minimum atomic E-state index is 0. The Morgan fingerprint density at radius 1 is 1.00 bits per heavy atom. The second-order valence-corrected chi connectivity index (χ2v) is 3.96. The van der Waals surface area contributed by atoms with E-state index in [1.165, 1.54) is 16.4 Å². The highest BCUT2D eigenvalue weighted by atomic mass is 32.1. The summed E-state index contributed by atoms with van der Waals surface area (Å²) in [6.45, 7) is 3.08. The van der Waals surface area contributed by atoms with Gasteiger partial charge in [0.2, 0.25) is 0 Å². The van der Waals surface area contributed by atoms with Gasteiger partial charge in [0.25, 0.3) is 0 Å². The predicted molar refractivity (Wildman–Crippen MR) is 77.2 cm³/mol. The van der Waals surface area contributed by atoms with E-state index in [4.69, 9.17) is 0 Å². The molecule has 0 fully saturated rings. The third-order valence-electron chi connectivity index (χ3n) is 3.07. The Morgan fingerprint density at radius 3 is 2.47 bits per heavy atom. The quantitative estimate of drug-likeness (QED) is 0.696. The van der Waals surface area contributed by atoms with Crippen LogP contribution in [0.1, 0.15) is 6.92 Å². The fourth-order valence-corrected chi connectivity index (χ4v) is 2.38. The van der Waals surface area contributed by atoms with E-state index in [-0.39, 0.29) is 13.5 Å². The van der Waals surface area contributed by atoms with E-state index in [1.807, 2.05) is 24.3 Å². The molecular weight excluding hydrogens is 230 g/mol. The first-order valence-corrected chi connectivity index (χ1v) is 5.51. The second kappa shape index (κ2) is 4.34. The molecule has 0 aliphatic rings.